The highest BCUT2D eigenvalue weighted by molar-refractivity contribution is 7.92. The van der Waals surface area contributed by atoms with Gasteiger partial charge in [0.05, 0.1) is 10.4 Å². The zero-order valence-electron chi connectivity index (χ0n) is 17.9. The van der Waals surface area contributed by atoms with E-state index in [1.807, 2.05) is 30.1 Å². The molecule has 0 saturated carbocycles. The molecule has 0 amide bonds. The number of alkyl halides is 3. The van der Waals surface area contributed by atoms with Crippen LogP contribution >= 0.6 is 11.6 Å². The van der Waals surface area contributed by atoms with Gasteiger partial charge in [0, 0.05) is 23.1 Å². The molecule has 5 rings (SSSR count). The van der Waals surface area contributed by atoms with E-state index in [0.717, 1.165) is 28.7 Å². The predicted molar refractivity (Wildman–Crippen MR) is 126 cm³/mol. The van der Waals surface area contributed by atoms with E-state index in [9.17, 15) is 21.6 Å². The fraction of sp³-hybridized carbons (Fsp3) is 0.0870. The lowest BCUT2D eigenvalue weighted by molar-refractivity contribution is -0.0436. The van der Waals surface area contributed by atoms with Gasteiger partial charge < -0.3 is 4.90 Å². The number of fused-ring (bicyclic) bond motifs is 3. The smallest absolute Gasteiger partial charge is 0.329 e. The first kappa shape index (κ1) is 23.1. The van der Waals surface area contributed by atoms with E-state index in [1.54, 1.807) is 35.0 Å². The van der Waals surface area contributed by atoms with E-state index in [2.05, 4.69) is 15.2 Å². The predicted octanol–water partition coefficient (Wildman–Crippen LogP) is 5.66. The molecule has 0 atom stereocenters. The molecule has 0 fully saturated rings. The number of anilines is 2. The number of hydrogen-bond donors (Lipinski definition) is 0. The van der Waals surface area contributed by atoms with E-state index in [-0.39, 0.29) is 0 Å². The van der Waals surface area contributed by atoms with Crippen molar-refractivity contribution < 1.29 is 21.6 Å². The van der Waals surface area contributed by atoms with Crippen molar-refractivity contribution in [1.29, 1.82) is 0 Å². The fourth-order valence-electron chi connectivity index (χ4n) is 3.76. The van der Waals surface area contributed by atoms with Crippen LogP contribution < -0.4 is 4.90 Å². The molecule has 0 aliphatic rings. The van der Waals surface area contributed by atoms with Gasteiger partial charge in [-0.2, -0.15) is 18.2 Å². The first-order valence-corrected chi connectivity index (χ1v) is 12.0. The van der Waals surface area contributed by atoms with E-state index < -0.39 is 20.2 Å². The molecule has 7 nitrogen and oxygen atoms in total. The monoisotopic (exact) mass is 517 g/mol. The Labute approximate surface area is 202 Å². The Morgan fingerprint density at radius 1 is 0.971 bits per heavy atom. The Morgan fingerprint density at radius 3 is 2.43 bits per heavy atom. The topological polar surface area (TPSA) is 80.5 Å². The van der Waals surface area contributed by atoms with Crippen molar-refractivity contribution in [1.82, 2.24) is 19.6 Å². The van der Waals surface area contributed by atoms with Crippen molar-refractivity contribution in [3.63, 3.8) is 0 Å². The molecule has 0 aliphatic heterocycles. The maximum absolute atomic E-state index is 12.8. The molecule has 0 unspecified atom stereocenters. The van der Waals surface area contributed by atoms with Crippen LogP contribution in [0.2, 0.25) is 5.02 Å². The molecule has 2 aromatic heterocycles. The van der Waals surface area contributed by atoms with Gasteiger partial charge in [-0.1, -0.05) is 35.9 Å². The highest BCUT2D eigenvalue weighted by Gasteiger charge is 2.46. The molecule has 2 heterocycles. The third-order valence-corrected chi connectivity index (χ3v) is 7.29. The second-order valence-electron chi connectivity index (χ2n) is 7.68. The summed E-state index contributed by atoms with van der Waals surface area (Å²) in [5, 5.41) is 9.32. The number of nitrogens with zero attached hydrogens (tertiary/aromatic N) is 5. The van der Waals surface area contributed by atoms with Crippen LogP contribution in [-0.4, -0.2) is 40.6 Å². The van der Waals surface area contributed by atoms with Crippen molar-refractivity contribution in [2.45, 2.75) is 10.4 Å². The van der Waals surface area contributed by atoms with Gasteiger partial charge in [0.2, 0.25) is 0 Å². The Morgan fingerprint density at radius 2 is 1.71 bits per heavy atom. The van der Waals surface area contributed by atoms with Crippen LogP contribution in [0.1, 0.15) is 0 Å². The van der Waals surface area contributed by atoms with Crippen LogP contribution in [0.4, 0.5) is 24.7 Å². The van der Waals surface area contributed by atoms with Crippen molar-refractivity contribution in [3.05, 3.63) is 78.1 Å². The molecular formula is C23H15ClF3N5O2S. The van der Waals surface area contributed by atoms with Crippen LogP contribution in [0, 0.1) is 0 Å². The zero-order chi connectivity index (χ0) is 25.0. The maximum atomic E-state index is 12.8. The first-order valence-electron chi connectivity index (χ1n) is 10.1. The average Bonchev–Trinajstić information content (AvgIpc) is 3.31. The number of hydrogen-bond acceptors (Lipinski definition) is 6. The summed E-state index contributed by atoms with van der Waals surface area (Å²) in [6.45, 7) is 0. The van der Waals surface area contributed by atoms with E-state index in [0.29, 0.717) is 27.7 Å². The molecule has 0 radical (unpaired) electrons. The summed E-state index contributed by atoms with van der Waals surface area (Å²) < 4.78 is 63.5. The quantitative estimate of drug-likeness (QED) is 0.306. The largest absolute Gasteiger partial charge is 0.501 e. The summed E-state index contributed by atoms with van der Waals surface area (Å²) in [5.41, 5.74) is -2.61. The number of sulfone groups is 1. The second kappa shape index (κ2) is 8.21. The Kier molecular flexibility index (Phi) is 5.41. The number of rotatable bonds is 4. The number of halogens is 4. The average molecular weight is 518 g/mol. The zero-order valence-corrected chi connectivity index (χ0v) is 19.5. The third-order valence-electron chi connectivity index (χ3n) is 5.55. The summed E-state index contributed by atoms with van der Waals surface area (Å²) in [6.07, 6.45) is 1.55. The van der Waals surface area contributed by atoms with Crippen LogP contribution in [-0.2, 0) is 9.84 Å². The van der Waals surface area contributed by atoms with Crippen molar-refractivity contribution >= 4 is 49.6 Å². The molecule has 178 valence electrons. The molecule has 0 bridgehead atoms. The summed E-state index contributed by atoms with van der Waals surface area (Å²) in [7, 11) is -3.59. The van der Waals surface area contributed by atoms with Gasteiger partial charge in [-0.25, -0.2) is 8.42 Å². The first-order chi connectivity index (χ1) is 16.6. The normalized spacial score (nSPS) is 12.4. The third kappa shape index (κ3) is 3.96. The SMILES string of the molecule is CN(c1cccc(-c2ccc(S(=O)(=O)C(F)(F)F)cc2)c1)c1nc2nncn2c2cc(Cl)ccc12. The lowest BCUT2D eigenvalue weighted by Crippen LogP contribution is -2.23. The standard InChI is InChI=1S/C23H15ClF3N5O2S/c1-31(21-19-10-7-16(24)12-20(19)32-13-28-30-22(32)29-21)17-4-2-3-15(11-17)14-5-8-18(9-6-14)35(33,34)23(25,26)27/h2-13H,1H3. The molecule has 0 spiro atoms. The lowest BCUT2D eigenvalue weighted by Gasteiger charge is -2.21. The van der Waals surface area contributed by atoms with E-state index >= 15 is 0 Å². The van der Waals surface area contributed by atoms with Crippen molar-refractivity contribution in [2.75, 3.05) is 11.9 Å². The maximum Gasteiger partial charge on any atom is 0.501 e. The van der Waals surface area contributed by atoms with E-state index in [1.165, 1.54) is 12.1 Å². The van der Waals surface area contributed by atoms with Gasteiger partial charge in [-0.05, 0) is 53.6 Å². The van der Waals surface area contributed by atoms with E-state index in [4.69, 9.17) is 11.6 Å². The minimum atomic E-state index is -5.41. The number of benzene rings is 3. The summed E-state index contributed by atoms with van der Waals surface area (Å²) in [4.78, 5) is 5.67. The highest BCUT2D eigenvalue weighted by atomic mass is 35.5. The number of aromatic nitrogens is 4. The van der Waals surface area contributed by atoms with Gasteiger partial charge in [0.25, 0.3) is 15.6 Å². The molecule has 12 heteroatoms. The van der Waals surface area contributed by atoms with Crippen LogP contribution in [0.3, 0.4) is 0 Å². The van der Waals surface area contributed by atoms with Crippen molar-refractivity contribution in [3.8, 4) is 11.1 Å². The van der Waals surface area contributed by atoms with Gasteiger partial charge in [-0.15, -0.1) is 10.2 Å². The molecular weight excluding hydrogens is 503 g/mol. The van der Waals surface area contributed by atoms with Gasteiger partial charge in [0.15, 0.2) is 0 Å². The molecule has 3 aromatic carbocycles. The minimum absolute atomic E-state index is 0.388. The molecule has 35 heavy (non-hydrogen) atoms. The molecule has 0 N–H and O–H groups in total. The Balaban J connectivity index is 1.55. The van der Waals surface area contributed by atoms with Gasteiger partial charge in [0.1, 0.15) is 12.1 Å². The second-order valence-corrected chi connectivity index (χ2v) is 10.1. The molecule has 5 aromatic rings. The highest BCUT2D eigenvalue weighted by Crippen LogP contribution is 2.35. The molecule has 0 saturated heterocycles. The summed E-state index contributed by atoms with van der Waals surface area (Å²) in [5.74, 6) is 0.986. The lowest BCUT2D eigenvalue weighted by atomic mass is 10.0. The van der Waals surface area contributed by atoms with Crippen LogP contribution in [0.15, 0.2) is 78.0 Å². The summed E-state index contributed by atoms with van der Waals surface area (Å²) >= 11 is 6.20. The van der Waals surface area contributed by atoms with Crippen molar-refractivity contribution in [2.24, 2.45) is 0 Å². The Bertz CT molecular complexity index is 1690. The van der Waals surface area contributed by atoms with Crippen LogP contribution in [0.25, 0.3) is 27.8 Å². The van der Waals surface area contributed by atoms with Gasteiger partial charge in [-0.3, -0.25) is 4.40 Å². The molecule has 0 aliphatic carbocycles. The summed E-state index contributed by atoms with van der Waals surface area (Å²) in [6, 6.07) is 17.2. The Hall–Kier alpha value is -3.70. The fourth-order valence-corrected chi connectivity index (χ4v) is 4.68. The van der Waals surface area contributed by atoms with Crippen LogP contribution in [0.5, 0.6) is 0 Å². The van der Waals surface area contributed by atoms with Gasteiger partial charge >= 0.3 is 5.51 Å². The minimum Gasteiger partial charge on any atom is -0.329 e.